The number of carboxylic acids is 1. The molecule has 0 bridgehead atoms. The Kier molecular flexibility index (Phi) is 8.86. The number of anilines is 2. The Morgan fingerprint density at radius 3 is 2.39 bits per heavy atom. The first-order chi connectivity index (χ1) is 21.0. The molecule has 0 spiro atoms. The minimum absolute atomic E-state index is 0.0743. The fraction of sp³-hybridized carbons (Fsp3) is 0.212. The number of carbonyl (C=O) groups excluding carboxylic acids is 1. The van der Waals surface area contributed by atoms with E-state index in [1.807, 2.05) is 12.1 Å². The molecule has 44 heavy (non-hydrogen) atoms. The molecule has 2 aliphatic rings. The highest BCUT2D eigenvalue weighted by molar-refractivity contribution is 6.02. The first-order valence-corrected chi connectivity index (χ1v) is 13.8. The minimum atomic E-state index is -4.50. The van der Waals surface area contributed by atoms with E-state index in [-0.39, 0.29) is 12.2 Å². The standard InChI is InChI=1S/C33H28F4N2O5/c34-32(35)28-20-26(16-19-29(28)43-33(36,37)44-32)38-31(42)39(27-17-14-25(15-18-27)24-7-2-1-3-8-24)21-23-12-10-22(11-13-23)6-4-5-9-30(40)41/h4-7,9-20H,1-3,8,21H2,(H,38,42)(H,40,41)/b6-4+,9-5+. The zero-order valence-corrected chi connectivity index (χ0v) is 23.3. The van der Waals surface area contributed by atoms with Gasteiger partial charge in [0.05, 0.1) is 12.1 Å². The van der Waals surface area contributed by atoms with Gasteiger partial charge in [-0.15, -0.1) is 8.78 Å². The molecule has 0 saturated heterocycles. The Morgan fingerprint density at radius 1 is 0.955 bits per heavy atom. The van der Waals surface area contributed by atoms with Crippen molar-refractivity contribution in [2.24, 2.45) is 0 Å². The van der Waals surface area contributed by atoms with Gasteiger partial charge in [-0.2, -0.15) is 8.78 Å². The van der Waals surface area contributed by atoms with Gasteiger partial charge < -0.3 is 15.2 Å². The van der Waals surface area contributed by atoms with Crippen LogP contribution in [-0.2, 0) is 22.2 Å². The predicted octanol–water partition coefficient (Wildman–Crippen LogP) is 8.55. The first-order valence-electron chi connectivity index (χ1n) is 13.8. The van der Waals surface area contributed by atoms with Crippen LogP contribution in [0.4, 0.5) is 33.7 Å². The monoisotopic (exact) mass is 608 g/mol. The maximum absolute atomic E-state index is 14.3. The van der Waals surface area contributed by atoms with Crippen molar-refractivity contribution in [1.29, 1.82) is 0 Å². The van der Waals surface area contributed by atoms with Crippen LogP contribution in [-0.4, -0.2) is 23.4 Å². The van der Waals surface area contributed by atoms with E-state index in [1.165, 1.54) is 22.6 Å². The van der Waals surface area contributed by atoms with Crippen LogP contribution in [0.25, 0.3) is 11.6 Å². The fourth-order valence-electron chi connectivity index (χ4n) is 4.93. The number of carbonyl (C=O) groups is 2. The van der Waals surface area contributed by atoms with Gasteiger partial charge in [0.25, 0.3) is 0 Å². The van der Waals surface area contributed by atoms with E-state index >= 15 is 0 Å². The number of alkyl halides is 4. The van der Waals surface area contributed by atoms with E-state index in [0.29, 0.717) is 5.69 Å². The van der Waals surface area contributed by atoms with Gasteiger partial charge >= 0.3 is 24.4 Å². The van der Waals surface area contributed by atoms with Gasteiger partial charge in [0, 0.05) is 17.5 Å². The number of rotatable bonds is 8. The topological polar surface area (TPSA) is 88.1 Å². The summed E-state index contributed by atoms with van der Waals surface area (Å²) in [5.74, 6) is -1.82. The number of carboxylic acid groups (broad SMARTS) is 1. The number of benzene rings is 3. The summed E-state index contributed by atoms with van der Waals surface area (Å²) in [6.07, 6.45) is 3.33. The lowest BCUT2D eigenvalue weighted by atomic mass is 9.93. The molecule has 1 heterocycles. The summed E-state index contributed by atoms with van der Waals surface area (Å²) in [5.41, 5.74) is 3.36. The van der Waals surface area contributed by atoms with E-state index in [2.05, 4.69) is 20.9 Å². The summed E-state index contributed by atoms with van der Waals surface area (Å²) in [4.78, 5) is 25.7. The van der Waals surface area contributed by atoms with Gasteiger partial charge in [0.1, 0.15) is 5.75 Å². The third-order valence-corrected chi connectivity index (χ3v) is 7.07. The third kappa shape index (κ3) is 7.54. The largest absolute Gasteiger partial charge is 0.540 e. The predicted molar refractivity (Wildman–Crippen MR) is 157 cm³/mol. The number of allylic oxidation sites excluding steroid dienone is 4. The Hall–Kier alpha value is -4.90. The molecule has 3 aromatic carbocycles. The molecular formula is C33H28F4N2O5. The zero-order valence-electron chi connectivity index (χ0n) is 23.3. The summed E-state index contributed by atoms with van der Waals surface area (Å²) < 4.78 is 63.3. The van der Waals surface area contributed by atoms with Crippen LogP contribution in [0.15, 0.2) is 91.0 Å². The number of amides is 2. The number of nitrogens with zero attached hydrogens (tertiary/aromatic N) is 1. The van der Waals surface area contributed by atoms with E-state index < -0.39 is 35.7 Å². The number of aliphatic carboxylic acids is 1. The second-order valence-electron chi connectivity index (χ2n) is 10.2. The number of fused-ring (bicyclic) bond motifs is 1. The highest BCUT2D eigenvalue weighted by Gasteiger charge is 2.54. The molecule has 1 aliphatic heterocycles. The lowest BCUT2D eigenvalue weighted by molar-refractivity contribution is -0.461. The Bertz CT molecular complexity index is 1620. The second kappa shape index (κ2) is 12.8. The van der Waals surface area contributed by atoms with Crippen LogP contribution < -0.4 is 15.0 Å². The number of nitrogens with one attached hydrogen (secondary N) is 1. The van der Waals surface area contributed by atoms with Crippen LogP contribution in [0.5, 0.6) is 5.75 Å². The summed E-state index contributed by atoms with van der Waals surface area (Å²) >= 11 is 0. The number of urea groups is 1. The van der Waals surface area contributed by atoms with Gasteiger partial charge in [-0.3, -0.25) is 4.90 Å². The van der Waals surface area contributed by atoms with Crippen LogP contribution in [0.1, 0.15) is 47.9 Å². The molecule has 0 atom stereocenters. The number of hydrogen-bond donors (Lipinski definition) is 2. The van der Waals surface area contributed by atoms with Crippen molar-refractivity contribution in [1.82, 2.24) is 0 Å². The van der Waals surface area contributed by atoms with E-state index in [0.717, 1.165) is 60.6 Å². The van der Waals surface area contributed by atoms with Gasteiger partial charge in [-0.1, -0.05) is 60.7 Å². The molecule has 7 nitrogen and oxygen atoms in total. The minimum Gasteiger partial charge on any atom is -0.478 e. The smallest absolute Gasteiger partial charge is 0.478 e. The molecule has 1 aliphatic carbocycles. The van der Waals surface area contributed by atoms with Crippen LogP contribution >= 0.6 is 0 Å². The van der Waals surface area contributed by atoms with Crippen molar-refractivity contribution in [3.63, 3.8) is 0 Å². The van der Waals surface area contributed by atoms with Crippen molar-refractivity contribution < 1.29 is 41.7 Å². The second-order valence-corrected chi connectivity index (χ2v) is 10.2. The normalized spacial score (nSPS) is 17.0. The molecule has 228 valence electrons. The number of ether oxygens (including phenoxy) is 2. The van der Waals surface area contributed by atoms with Crippen molar-refractivity contribution in [2.75, 3.05) is 10.2 Å². The Labute approximate surface area is 250 Å². The molecule has 0 fully saturated rings. The van der Waals surface area contributed by atoms with Crippen molar-refractivity contribution in [3.8, 4) is 5.75 Å². The average molecular weight is 609 g/mol. The Balaban J connectivity index is 1.39. The third-order valence-electron chi connectivity index (χ3n) is 7.07. The maximum Gasteiger partial charge on any atom is 0.540 e. The lowest BCUT2D eigenvalue weighted by Gasteiger charge is -2.31. The number of hydrogen-bond acceptors (Lipinski definition) is 4. The molecule has 2 N–H and O–H groups in total. The molecule has 0 unspecified atom stereocenters. The van der Waals surface area contributed by atoms with Gasteiger partial charge in [0.15, 0.2) is 0 Å². The molecule has 11 heteroatoms. The first kappa shape index (κ1) is 30.6. The highest BCUT2D eigenvalue weighted by atomic mass is 19.3. The lowest BCUT2D eigenvalue weighted by Crippen LogP contribution is -2.41. The van der Waals surface area contributed by atoms with Crippen LogP contribution in [0.3, 0.4) is 0 Å². The molecule has 0 saturated carbocycles. The maximum atomic E-state index is 14.3. The Morgan fingerprint density at radius 2 is 1.70 bits per heavy atom. The van der Waals surface area contributed by atoms with Crippen molar-refractivity contribution in [3.05, 3.63) is 113 Å². The van der Waals surface area contributed by atoms with E-state index in [1.54, 1.807) is 48.6 Å². The molecule has 2 amide bonds. The van der Waals surface area contributed by atoms with Crippen molar-refractivity contribution in [2.45, 2.75) is 44.6 Å². The van der Waals surface area contributed by atoms with Gasteiger partial charge in [-0.25, -0.2) is 14.3 Å². The van der Waals surface area contributed by atoms with Crippen molar-refractivity contribution >= 4 is 35.0 Å². The number of halogens is 4. The van der Waals surface area contributed by atoms with E-state index in [4.69, 9.17) is 5.11 Å². The molecule has 0 radical (unpaired) electrons. The van der Waals surface area contributed by atoms with Gasteiger partial charge in [0.2, 0.25) is 0 Å². The van der Waals surface area contributed by atoms with Crippen LogP contribution in [0, 0.1) is 0 Å². The summed E-state index contributed by atoms with van der Waals surface area (Å²) in [5, 5.41) is 11.3. The molecular weight excluding hydrogens is 580 g/mol. The fourth-order valence-corrected chi connectivity index (χ4v) is 4.93. The summed E-state index contributed by atoms with van der Waals surface area (Å²) in [6.45, 7) is 0.107. The zero-order chi connectivity index (χ0) is 31.3. The molecule has 5 rings (SSSR count). The van der Waals surface area contributed by atoms with E-state index in [9.17, 15) is 27.2 Å². The summed E-state index contributed by atoms with van der Waals surface area (Å²) in [6, 6.07) is 17.0. The molecule has 0 aromatic heterocycles. The van der Waals surface area contributed by atoms with Crippen LogP contribution in [0.2, 0.25) is 0 Å². The summed E-state index contributed by atoms with van der Waals surface area (Å²) in [7, 11) is 0. The average Bonchev–Trinajstić information content (AvgIpc) is 2.99. The SMILES string of the molecule is O=C(O)/C=C/C=C/c1ccc(CN(C(=O)Nc2ccc3c(c2)C(F)(F)OC(F)(F)O3)c2ccc(C3=CCCCC3)cc2)cc1. The quantitative estimate of drug-likeness (QED) is 0.152. The molecule has 3 aromatic rings. The highest BCUT2D eigenvalue weighted by Crippen LogP contribution is 2.47. The van der Waals surface area contributed by atoms with Gasteiger partial charge in [-0.05, 0) is 78.3 Å².